The van der Waals surface area contributed by atoms with Gasteiger partial charge >= 0.3 is 0 Å². The summed E-state index contributed by atoms with van der Waals surface area (Å²) < 4.78 is 16.3. The van der Waals surface area contributed by atoms with Gasteiger partial charge < -0.3 is 30.2 Å². The number of thioether (sulfide) groups is 1. The van der Waals surface area contributed by atoms with E-state index in [1.165, 1.54) is 50.5 Å². The maximum atomic E-state index is 13.7. The van der Waals surface area contributed by atoms with Gasteiger partial charge in [-0.05, 0) is 53.9 Å². The summed E-state index contributed by atoms with van der Waals surface area (Å²) in [6, 6.07) is 22.9. The molecule has 0 radical (unpaired) electrons. The summed E-state index contributed by atoms with van der Waals surface area (Å²) in [6.07, 6.45) is 1.50. The molecule has 0 aliphatic carbocycles. The fraction of sp³-hybridized carbons (Fsp3) is 0.118. The predicted octanol–water partition coefficient (Wildman–Crippen LogP) is 7.04. The molecule has 0 fully saturated rings. The molecule has 0 aliphatic heterocycles. The van der Waals surface area contributed by atoms with Crippen LogP contribution < -0.4 is 30.2 Å². The second-order valence-electron chi connectivity index (χ2n) is 9.66. The molecule has 0 aliphatic rings. The number of carbonyl (C=O) groups is 3. The number of nitrogens with zero attached hydrogens (tertiary/aromatic N) is 1. The van der Waals surface area contributed by atoms with Crippen LogP contribution in [0.3, 0.4) is 0 Å². The Bertz CT molecular complexity index is 1890. The van der Waals surface area contributed by atoms with Crippen LogP contribution in [0.15, 0.2) is 100 Å². The molecule has 2 heterocycles. The number of carbonyl (C=O) groups excluding carboxylic acids is 3. The summed E-state index contributed by atoms with van der Waals surface area (Å²) in [7, 11) is 4.50. The van der Waals surface area contributed by atoms with Crippen molar-refractivity contribution in [1.82, 2.24) is 10.3 Å². The Morgan fingerprint density at radius 2 is 1.60 bits per heavy atom. The third-order valence-electron chi connectivity index (χ3n) is 6.55. The average Bonchev–Trinajstić information content (AvgIpc) is 3.80. The molecule has 0 atom stereocenters. The molecule has 0 saturated heterocycles. The van der Waals surface area contributed by atoms with E-state index in [1.54, 1.807) is 72.0 Å². The van der Waals surface area contributed by atoms with Gasteiger partial charge in [-0.15, -0.1) is 34.4 Å². The molecule has 10 nitrogen and oxygen atoms in total. The van der Waals surface area contributed by atoms with Crippen molar-refractivity contribution in [3.63, 3.8) is 0 Å². The highest BCUT2D eigenvalue weighted by molar-refractivity contribution is 8.00. The molecule has 240 valence electrons. The van der Waals surface area contributed by atoms with Crippen molar-refractivity contribution < 1.29 is 28.6 Å². The Labute approximate surface area is 283 Å². The number of hydrogen-bond donors (Lipinski definition) is 3. The van der Waals surface area contributed by atoms with Gasteiger partial charge in [0.25, 0.3) is 11.8 Å². The Hall–Kier alpha value is -5.11. The Morgan fingerprint density at radius 3 is 2.32 bits per heavy atom. The van der Waals surface area contributed by atoms with Gasteiger partial charge in [0, 0.05) is 33.2 Å². The normalized spacial score (nSPS) is 11.0. The number of amides is 3. The third-order valence-corrected chi connectivity index (χ3v) is 9.19. The van der Waals surface area contributed by atoms with Crippen molar-refractivity contribution in [2.75, 3.05) is 37.7 Å². The number of thiazole rings is 1. The first kappa shape index (κ1) is 33.3. The number of nitrogens with one attached hydrogen (secondary N) is 3. The molecule has 2 aromatic heterocycles. The van der Waals surface area contributed by atoms with Crippen molar-refractivity contribution in [3.05, 3.63) is 106 Å². The Kier molecular flexibility index (Phi) is 11.3. The number of hydrogen-bond acceptors (Lipinski definition) is 10. The van der Waals surface area contributed by atoms with Gasteiger partial charge in [0.1, 0.15) is 11.4 Å². The van der Waals surface area contributed by atoms with Crippen molar-refractivity contribution in [2.45, 2.75) is 4.90 Å². The van der Waals surface area contributed by atoms with Gasteiger partial charge in [-0.25, -0.2) is 4.98 Å². The molecule has 47 heavy (non-hydrogen) atoms. The quantitative estimate of drug-likeness (QED) is 0.0890. The van der Waals surface area contributed by atoms with Gasteiger partial charge in [-0.3, -0.25) is 14.4 Å². The minimum absolute atomic E-state index is 0.0350. The van der Waals surface area contributed by atoms with E-state index in [2.05, 4.69) is 20.9 Å². The van der Waals surface area contributed by atoms with Gasteiger partial charge in [-0.2, -0.15) is 0 Å². The number of methoxy groups -OCH3 is 3. The summed E-state index contributed by atoms with van der Waals surface area (Å²) in [6.45, 7) is 0. The molecule has 0 saturated carbocycles. The van der Waals surface area contributed by atoms with Crippen LogP contribution in [0.2, 0.25) is 0 Å². The second kappa shape index (κ2) is 15.9. The molecule has 0 spiro atoms. The Balaban J connectivity index is 1.31. The SMILES string of the molecule is COc1cc(OC)c(OC)cc1/C=C(/NC(=O)c1ccccc1)C(=O)Nc1cccc(SCC(=O)Nc2nc(-c3cccs3)cs2)c1. The van der Waals surface area contributed by atoms with E-state index >= 15 is 0 Å². The number of rotatable bonds is 13. The fourth-order valence-corrected chi connectivity index (χ4v) is 6.54. The molecule has 3 N–H and O–H groups in total. The minimum Gasteiger partial charge on any atom is -0.496 e. The van der Waals surface area contributed by atoms with Crippen molar-refractivity contribution in [1.29, 1.82) is 0 Å². The molecule has 5 rings (SSSR count). The first-order valence-corrected chi connectivity index (χ1v) is 16.8. The van der Waals surface area contributed by atoms with Gasteiger partial charge in [0.2, 0.25) is 5.91 Å². The molecule has 13 heteroatoms. The lowest BCUT2D eigenvalue weighted by molar-refractivity contribution is -0.114. The number of thiophene rings is 1. The van der Waals surface area contributed by atoms with E-state index in [-0.39, 0.29) is 17.4 Å². The monoisotopic (exact) mass is 686 g/mol. The van der Waals surface area contributed by atoms with Gasteiger partial charge in [0.15, 0.2) is 16.6 Å². The molecule has 3 aromatic carbocycles. The molecule has 3 amide bonds. The average molecular weight is 687 g/mol. The summed E-state index contributed by atoms with van der Waals surface area (Å²) in [5, 5.41) is 12.8. The third kappa shape index (κ3) is 8.79. The van der Waals surface area contributed by atoms with E-state index in [0.29, 0.717) is 39.2 Å². The summed E-state index contributed by atoms with van der Waals surface area (Å²) in [4.78, 5) is 45.7. The van der Waals surface area contributed by atoms with Gasteiger partial charge in [-0.1, -0.05) is 30.3 Å². The van der Waals surface area contributed by atoms with Crippen molar-refractivity contribution >= 4 is 69.1 Å². The summed E-state index contributed by atoms with van der Waals surface area (Å²) in [5.41, 5.74) is 2.12. The van der Waals surface area contributed by atoms with Crippen molar-refractivity contribution in [2.24, 2.45) is 0 Å². The van der Waals surface area contributed by atoms with E-state index in [1.807, 2.05) is 29.0 Å². The highest BCUT2D eigenvalue weighted by Crippen LogP contribution is 2.36. The first-order valence-electron chi connectivity index (χ1n) is 14.1. The molecule has 0 unspecified atom stereocenters. The topological polar surface area (TPSA) is 128 Å². The maximum Gasteiger partial charge on any atom is 0.272 e. The number of ether oxygens (including phenoxy) is 3. The zero-order valence-corrected chi connectivity index (χ0v) is 28.0. The lowest BCUT2D eigenvalue weighted by Crippen LogP contribution is -2.30. The predicted molar refractivity (Wildman–Crippen MR) is 188 cm³/mol. The number of benzene rings is 3. The van der Waals surface area contributed by atoms with E-state index in [4.69, 9.17) is 14.2 Å². The lowest BCUT2D eigenvalue weighted by Gasteiger charge is -2.15. The highest BCUT2D eigenvalue weighted by atomic mass is 32.2. The van der Waals surface area contributed by atoms with Crippen LogP contribution >= 0.6 is 34.4 Å². The Morgan fingerprint density at radius 1 is 0.830 bits per heavy atom. The summed E-state index contributed by atoms with van der Waals surface area (Å²) in [5.74, 6) is 0.163. The van der Waals surface area contributed by atoms with E-state index < -0.39 is 11.8 Å². The van der Waals surface area contributed by atoms with Crippen LogP contribution in [0.1, 0.15) is 15.9 Å². The largest absolute Gasteiger partial charge is 0.496 e. The zero-order chi connectivity index (χ0) is 33.2. The molecular weight excluding hydrogens is 657 g/mol. The smallest absolute Gasteiger partial charge is 0.272 e. The molecule has 5 aromatic rings. The molecular formula is C34H30N4O6S3. The second-order valence-corrected chi connectivity index (χ2v) is 12.5. The number of aromatic nitrogens is 1. The van der Waals surface area contributed by atoms with Gasteiger partial charge in [0.05, 0.1) is 37.7 Å². The van der Waals surface area contributed by atoms with Crippen LogP contribution in [0.25, 0.3) is 16.6 Å². The number of anilines is 2. The van der Waals surface area contributed by atoms with Crippen LogP contribution in [-0.2, 0) is 9.59 Å². The standard InChI is InChI=1S/C34H30N4O6S3/c1-42-27-18-29(44-3)28(43-2)16-22(27)15-25(36-32(40)21-9-5-4-6-10-21)33(41)35-23-11-7-12-24(17-23)46-20-31(39)38-34-37-26(19-47-34)30-13-8-14-45-30/h4-19H,20H2,1-3H3,(H,35,41)(H,36,40)(H,37,38,39)/b25-15+. The van der Waals surface area contributed by atoms with Crippen LogP contribution in [-0.4, -0.2) is 49.8 Å². The fourth-order valence-electron chi connectivity index (χ4n) is 4.30. The van der Waals surface area contributed by atoms with E-state index in [0.717, 1.165) is 15.5 Å². The van der Waals surface area contributed by atoms with Crippen LogP contribution in [0.4, 0.5) is 10.8 Å². The minimum atomic E-state index is -0.573. The highest BCUT2D eigenvalue weighted by Gasteiger charge is 2.18. The van der Waals surface area contributed by atoms with Crippen molar-refractivity contribution in [3.8, 4) is 27.8 Å². The first-order chi connectivity index (χ1) is 22.9. The summed E-state index contributed by atoms with van der Waals surface area (Å²) >= 11 is 4.27. The maximum absolute atomic E-state index is 13.7. The van der Waals surface area contributed by atoms with E-state index in [9.17, 15) is 14.4 Å². The lowest BCUT2D eigenvalue weighted by atomic mass is 10.1. The van der Waals surface area contributed by atoms with Crippen LogP contribution in [0, 0.1) is 0 Å². The zero-order valence-electron chi connectivity index (χ0n) is 25.6. The van der Waals surface area contributed by atoms with Crippen LogP contribution in [0.5, 0.6) is 17.2 Å². The molecule has 0 bridgehead atoms.